The summed E-state index contributed by atoms with van der Waals surface area (Å²) in [5.41, 5.74) is 3.14. The van der Waals surface area contributed by atoms with Crippen molar-refractivity contribution in [2.45, 2.75) is 19.9 Å². The van der Waals surface area contributed by atoms with Crippen molar-refractivity contribution < 1.29 is 19.1 Å². The van der Waals surface area contributed by atoms with Crippen LogP contribution in [-0.4, -0.2) is 32.1 Å². The molecular formula is C25H26ClN3O4. The van der Waals surface area contributed by atoms with Gasteiger partial charge in [-0.2, -0.15) is 0 Å². The molecule has 3 rings (SSSR count). The number of carbonyl (C=O) groups excluding carboxylic acids is 2. The minimum Gasteiger partial charge on any atom is -0.495 e. The number of hydrogen-bond acceptors (Lipinski definition) is 5. The first-order chi connectivity index (χ1) is 15.8. The number of para-hydroxylation sites is 2. The predicted molar refractivity (Wildman–Crippen MR) is 132 cm³/mol. The first kappa shape index (κ1) is 23.9. The number of amides is 2. The van der Waals surface area contributed by atoms with E-state index in [9.17, 15) is 9.59 Å². The molecule has 0 aliphatic rings. The fraction of sp³-hybridized carbons (Fsp3) is 0.200. The highest BCUT2D eigenvalue weighted by Crippen LogP contribution is 2.31. The van der Waals surface area contributed by atoms with E-state index in [-0.39, 0.29) is 11.8 Å². The summed E-state index contributed by atoms with van der Waals surface area (Å²) in [6, 6.07) is 16.8. The van der Waals surface area contributed by atoms with Gasteiger partial charge in [0.25, 0.3) is 5.91 Å². The molecule has 0 aliphatic heterocycles. The van der Waals surface area contributed by atoms with E-state index in [4.69, 9.17) is 21.1 Å². The minimum absolute atomic E-state index is 0.240. The van der Waals surface area contributed by atoms with Crippen LogP contribution >= 0.6 is 11.6 Å². The van der Waals surface area contributed by atoms with Crippen LogP contribution in [0, 0.1) is 6.92 Å². The van der Waals surface area contributed by atoms with Gasteiger partial charge in [0, 0.05) is 22.3 Å². The number of anilines is 3. The maximum Gasteiger partial charge on any atom is 0.255 e. The molecule has 0 heterocycles. The Morgan fingerprint density at radius 3 is 2.21 bits per heavy atom. The van der Waals surface area contributed by atoms with Gasteiger partial charge in [0.05, 0.1) is 25.6 Å². The molecule has 0 radical (unpaired) electrons. The molecule has 2 amide bonds. The number of ether oxygens (including phenoxy) is 2. The summed E-state index contributed by atoms with van der Waals surface area (Å²) < 4.78 is 10.6. The van der Waals surface area contributed by atoms with Gasteiger partial charge < -0.3 is 25.4 Å². The van der Waals surface area contributed by atoms with Gasteiger partial charge in [-0.25, -0.2) is 0 Å². The van der Waals surface area contributed by atoms with Crippen LogP contribution in [0.15, 0.2) is 60.7 Å². The molecule has 0 aliphatic carbocycles. The van der Waals surface area contributed by atoms with Crippen LogP contribution in [0.2, 0.25) is 5.02 Å². The smallest absolute Gasteiger partial charge is 0.255 e. The lowest BCUT2D eigenvalue weighted by molar-refractivity contribution is -0.116. The van der Waals surface area contributed by atoms with Crippen LogP contribution in [0.5, 0.6) is 11.5 Å². The molecule has 33 heavy (non-hydrogen) atoms. The maximum absolute atomic E-state index is 12.7. The van der Waals surface area contributed by atoms with Crippen molar-refractivity contribution >= 4 is 40.5 Å². The van der Waals surface area contributed by atoms with Crippen LogP contribution in [-0.2, 0) is 4.79 Å². The molecular weight excluding hydrogens is 442 g/mol. The Labute approximate surface area is 198 Å². The third-order valence-electron chi connectivity index (χ3n) is 5.02. The van der Waals surface area contributed by atoms with Crippen molar-refractivity contribution in [2.75, 3.05) is 30.2 Å². The summed E-state index contributed by atoms with van der Waals surface area (Å²) >= 11 is 6.14. The molecule has 3 aromatic carbocycles. The van der Waals surface area contributed by atoms with E-state index in [1.807, 2.05) is 25.1 Å². The van der Waals surface area contributed by atoms with E-state index in [0.29, 0.717) is 39.1 Å². The summed E-state index contributed by atoms with van der Waals surface area (Å²) in [7, 11) is 3.09. The third kappa shape index (κ3) is 5.96. The first-order valence-electron chi connectivity index (χ1n) is 10.3. The Hall–Kier alpha value is -3.71. The highest BCUT2D eigenvalue weighted by molar-refractivity contribution is 6.31. The van der Waals surface area contributed by atoms with Crippen LogP contribution < -0.4 is 25.4 Å². The lowest BCUT2D eigenvalue weighted by atomic mass is 10.1. The maximum atomic E-state index is 12.7. The molecule has 172 valence electrons. The normalized spacial score (nSPS) is 11.3. The fourth-order valence-electron chi connectivity index (χ4n) is 3.14. The zero-order valence-corrected chi connectivity index (χ0v) is 19.6. The second-order valence-corrected chi connectivity index (χ2v) is 7.80. The van der Waals surface area contributed by atoms with Gasteiger partial charge in [0.15, 0.2) is 0 Å². The van der Waals surface area contributed by atoms with Crippen molar-refractivity contribution in [2.24, 2.45) is 0 Å². The highest BCUT2D eigenvalue weighted by Gasteiger charge is 2.17. The van der Waals surface area contributed by atoms with Gasteiger partial charge in [-0.05, 0) is 61.9 Å². The molecule has 0 saturated carbocycles. The zero-order chi connectivity index (χ0) is 24.0. The quantitative estimate of drug-likeness (QED) is 0.415. The number of benzene rings is 3. The first-order valence-corrected chi connectivity index (χ1v) is 10.7. The van der Waals surface area contributed by atoms with Crippen LogP contribution in [0.25, 0.3) is 0 Å². The molecule has 0 spiro atoms. The Morgan fingerprint density at radius 1 is 0.879 bits per heavy atom. The van der Waals surface area contributed by atoms with Crippen molar-refractivity contribution in [1.29, 1.82) is 0 Å². The van der Waals surface area contributed by atoms with E-state index in [2.05, 4.69) is 16.0 Å². The molecule has 1 atom stereocenters. The van der Waals surface area contributed by atoms with E-state index in [1.165, 1.54) is 0 Å². The largest absolute Gasteiger partial charge is 0.495 e. The number of hydrogen-bond donors (Lipinski definition) is 3. The van der Waals surface area contributed by atoms with Gasteiger partial charge in [-0.1, -0.05) is 23.7 Å². The average molecular weight is 468 g/mol. The van der Waals surface area contributed by atoms with E-state index in [0.717, 1.165) is 5.56 Å². The number of aryl methyl sites for hydroxylation is 1. The molecule has 0 aromatic heterocycles. The van der Waals surface area contributed by atoms with E-state index >= 15 is 0 Å². The third-order valence-corrected chi connectivity index (χ3v) is 5.42. The SMILES string of the molecule is COc1ccccc1NC(=O)c1ccc(NC(=O)C(C)Nc2cc(C)c(Cl)cc2OC)cc1. The average Bonchev–Trinajstić information content (AvgIpc) is 2.81. The van der Waals surface area contributed by atoms with Gasteiger partial charge in [0.2, 0.25) is 5.91 Å². The monoisotopic (exact) mass is 467 g/mol. The summed E-state index contributed by atoms with van der Waals surface area (Å²) in [6.45, 7) is 3.62. The number of nitrogens with one attached hydrogen (secondary N) is 3. The number of halogens is 1. The van der Waals surface area contributed by atoms with Gasteiger partial charge in [-0.15, -0.1) is 0 Å². The summed E-state index contributed by atoms with van der Waals surface area (Å²) in [5.74, 6) is 0.605. The van der Waals surface area contributed by atoms with Crippen molar-refractivity contribution in [3.8, 4) is 11.5 Å². The topological polar surface area (TPSA) is 88.7 Å². The number of rotatable bonds is 8. The second kappa shape index (κ2) is 10.7. The fourth-order valence-corrected chi connectivity index (χ4v) is 3.30. The number of carbonyl (C=O) groups is 2. The Morgan fingerprint density at radius 2 is 1.55 bits per heavy atom. The van der Waals surface area contributed by atoms with E-state index in [1.54, 1.807) is 63.6 Å². The summed E-state index contributed by atoms with van der Waals surface area (Å²) in [5, 5.41) is 9.39. The molecule has 8 heteroatoms. The van der Waals surface area contributed by atoms with Crippen LogP contribution in [0.3, 0.4) is 0 Å². The second-order valence-electron chi connectivity index (χ2n) is 7.39. The lowest BCUT2D eigenvalue weighted by Gasteiger charge is -2.18. The molecule has 3 aromatic rings. The van der Waals surface area contributed by atoms with Gasteiger partial charge in [-0.3, -0.25) is 9.59 Å². The predicted octanol–water partition coefficient (Wildman–Crippen LogP) is 5.36. The van der Waals surface area contributed by atoms with Crippen molar-refractivity contribution in [3.63, 3.8) is 0 Å². The lowest BCUT2D eigenvalue weighted by Crippen LogP contribution is -2.32. The van der Waals surface area contributed by atoms with E-state index < -0.39 is 6.04 Å². The van der Waals surface area contributed by atoms with Crippen molar-refractivity contribution in [3.05, 3.63) is 76.8 Å². The highest BCUT2D eigenvalue weighted by atomic mass is 35.5. The molecule has 1 unspecified atom stereocenters. The summed E-state index contributed by atoms with van der Waals surface area (Å²) in [4.78, 5) is 25.2. The van der Waals surface area contributed by atoms with Gasteiger partial charge >= 0.3 is 0 Å². The minimum atomic E-state index is -0.548. The molecule has 0 saturated heterocycles. The van der Waals surface area contributed by atoms with Crippen molar-refractivity contribution in [1.82, 2.24) is 0 Å². The Bertz CT molecular complexity index is 1150. The standard InChI is InChI=1S/C25H26ClN3O4/c1-15-13-21(23(33-4)14-19(15)26)27-16(2)24(30)28-18-11-9-17(10-12-18)25(31)29-20-7-5-6-8-22(20)32-3/h5-14,16,27H,1-4H3,(H,28,30)(H,29,31). The zero-order valence-electron chi connectivity index (χ0n) is 18.9. The number of methoxy groups -OCH3 is 2. The molecule has 3 N–H and O–H groups in total. The molecule has 0 bridgehead atoms. The Balaban J connectivity index is 1.63. The van der Waals surface area contributed by atoms with Crippen LogP contribution in [0.4, 0.5) is 17.1 Å². The Kier molecular flexibility index (Phi) is 7.79. The molecule has 7 nitrogen and oxygen atoms in total. The summed E-state index contributed by atoms with van der Waals surface area (Å²) in [6.07, 6.45) is 0. The van der Waals surface area contributed by atoms with Crippen LogP contribution in [0.1, 0.15) is 22.8 Å². The van der Waals surface area contributed by atoms with Gasteiger partial charge in [0.1, 0.15) is 17.5 Å². The molecule has 0 fully saturated rings.